The number of ketones is 2. The molecule has 6 heteroatoms. The molecule has 1 aliphatic carbocycles. The van der Waals surface area contributed by atoms with Crippen LogP contribution in [0.3, 0.4) is 0 Å². The number of hydrogen-bond donors (Lipinski definition) is 4. The standard InChI is InChI=1S/C27H22N4O2/c1-15-5-14-21-24(25(15)31-19-12-8-17(29)9-13-19)27(33)20-3-2-4-22(23(20)26(21)32)30-18-10-6-16(28)7-11-18/h2-14,30-31H,28-29H2,1H3. The van der Waals surface area contributed by atoms with Gasteiger partial charge in [0.25, 0.3) is 0 Å². The molecule has 33 heavy (non-hydrogen) atoms. The third-order valence-electron chi connectivity index (χ3n) is 5.79. The van der Waals surface area contributed by atoms with Crippen LogP contribution in [0.2, 0.25) is 0 Å². The molecule has 0 radical (unpaired) electrons. The normalized spacial score (nSPS) is 12.2. The molecule has 0 amide bonds. The summed E-state index contributed by atoms with van der Waals surface area (Å²) in [6, 6.07) is 23.3. The summed E-state index contributed by atoms with van der Waals surface area (Å²) in [5, 5.41) is 6.57. The van der Waals surface area contributed by atoms with Crippen molar-refractivity contribution in [3.8, 4) is 0 Å². The molecular formula is C27H22N4O2. The van der Waals surface area contributed by atoms with Gasteiger partial charge in [0.1, 0.15) is 0 Å². The average Bonchev–Trinajstić information content (AvgIpc) is 2.81. The Labute approximate surface area is 191 Å². The van der Waals surface area contributed by atoms with Crippen molar-refractivity contribution in [1.82, 2.24) is 0 Å². The highest BCUT2D eigenvalue weighted by atomic mass is 16.1. The number of hydrogen-bond acceptors (Lipinski definition) is 6. The number of fused-ring (bicyclic) bond motifs is 2. The van der Waals surface area contributed by atoms with Crippen LogP contribution in [0.1, 0.15) is 37.4 Å². The van der Waals surface area contributed by atoms with E-state index >= 15 is 0 Å². The zero-order valence-corrected chi connectivity index (χ0v) is 18.0. The molecule has 0 aromatic heterocycles. The van der Waals surface area contributed by atoms with Gasteiger partial charge in [0.05, 0.1) is 22.5 Å². The summed E-state index contributed by atoms with van der Waals surface area (Å²) in [7, 11) is 0. The number of aryl methyl sites for hydroxylation is 1. The van der Waals surface area contributed by atoms with Crippen molar-refractivity contribution in [3.05, 3.63) is 107 Å². The minimum Gasteiger partial charge on any atom is -0.399 e. The van der Waals surface area contributed by atoms with Gasteiger partial charge in [-0.2, -0.15) is 0 Å². The fraction of sp³-hybridized carbons (Fsp3) is 0.0370. The lowest BCUT2D eigenvalue weighted by Gasteiger charge is -2.24. The molecule has 0 saturated carbocycles. The summed E-state index contributed by atoms with van der Waals surface area (Å²) in [6.45, 7) is 1.91. The van der Waals surface area contributed by atoms with Crippen LogP contribution in [0, 0.1) is 6.92 Å². The van der Waals surface area contributed by atoms with Crippen LogP contribution in [0.5, 0.6) is 0 Å². The molecule has 0 saturated heterocycles. The van der Waals surface area contributed by atoms with Gasteiger partial charge in [0, 0.05) is 33.9 Å². The third kappa shape index (κ3) is 3.57. The molecule has 4 aromatic rings. The lowest BCUT2D eigenvalue weighted by molar-refractivity contribution is 0.0980. The smallest absolute Gasteiger partial charge is 0.196 e. The minimum atomic E-state index is -0.196. The fourth-order valence-corrected chi connectivity index (χ4v) is 4.09. The monoisotopic (exact) mass is 434 g/mol. The molecule has 162 valence electrons. The van der Waals surface area contributed by atoms with Crippen molar-refractivity contribution >= 4 is 45.7 Å². The van der Waals surface area contributed by atoms with Gasteiger partial charge >= 0.3 is 0 Å². The lowest BCUT2D eigenvalue weighted by Crippen LogP contribution is -2.23. The summed E-state index contributed by atoms with van der Waals surface area (Å²) in [5.41, 5.74) is 18.0. The second kappa shape index (κ2) is 7.84. The summed E-state index contributed by atoms with van der Waals surface area (Å²) in [5.74, 6) is -0.388. The summed E-state index contributed by atoms with van der Waals surface area (Å²) >= 11 is 0. The van der Waals surface area contributed by atoms with Crippen LogP contribution in [0.4, 0.5) is 34.1 Å². The van der Waals surface area contributed by atoms with Gasteiger partial charge in [-0.3, -0.25) is 9.59 Å². The minimum absolute atomic E-state index is 0.192. The maximum absolute atomic E-state index is 13.7. The molecule has 0 heterocycles. The Balaban J connectivity index is 1.60. The number of nitrogens with one attached hydrogen (secondary N) is 2. The predicted octanol–water partition coefficient (Wildman–Crippen LogP) is 5.42. The first-order chi connectivity index (χ1) is 15.9. The lowest BCUT2D eigenvalue weighted by atomic mass is 9.81. The van der Waals surface area contributed by atoms with Crippen LogP contribution in [-0.2, 0) is 0 Å². The summed E-state index contributed by atoms with van der Waals surface area (Å²) < 4.78 is 0. The van der Waals surface area contributed by atoms with Gasteiger partial charge in [-0.05, 0) is 73.2 Å². The van der Waals surface area contributed by atoms with E-state index in [1.54, 1.807) is 48.5 Å². The fourth-order valence-electron chi connectivity index (χ4n) is 4.09. The number of carbonyl (C=O) groups excluding carboxylic acids is 2. The van der Waals surface area contributed by atoms with Crippen LogP contribution >= 0.6 is 0 Å². The Morgan fingerprint density at radius 1 is 0.606 bits per heavy atom. The molecule has 0 unspecified atom stereocenters. The molecule has 0 aliphatic heterocycles. The first-order valence-electron chi connectivity index (χ1n) is 10.5. The van der Waals surface area contributed by atoms with Crippen molar-refractivity contribution < 1.29 is 9.59 Å². The average molecular weight is 434 g/mol. The van der Waals surface area contributed by atoms with E-state index < -0.39 is 0 Å². The summed E-state index contributed by atoms with van der Waals surface area (Å²) in [4.78, 5) is 27.3. The van der Waals surface area contributed by atoms with E-state index in [4.69, 9.17) is 11.5 Å². The van der Waals surface area contributed by atoms with Crippen molar-refractivity contribution in [2.45, 2.75) is 6.92 Å². The van der Waals surface area contributed by atoms with Crippen LogP contribution in [-0.4, -0.2) is 11.6 Å². The number of rotatable bonds is 4. The first-order valence-corrected chi connectivity index (χ1v) is 10.5. The van der Waals surface area contributed by atoms with E-state index in [0.29, 0.717) is 45.0 Å². The van der Waals surface area contributed by atoms with Gasteiger partial charge in [-0.15, -0.1) is 0 Å². The van der Waals surface area contributed by atoms with Gasteiger partial charge < -0.3 is 22.1 Å². The highest BCUT2D eigenvalue weighted by Gasteiger charge is 2.34. The van der Waals surface area contributed by atoms with E-state index in [1.807, 2.05) is 37.3 Å². The molecule has 6 N–H and O–H groups in total. The Morgan fingerprint density at radius 2 is 1.15 bits per heavy atom. The van der Waals surface area contributed by atoms with E-state index in [1.165, 1.54) is 0 Å². The van der Waals surface area contributed by atoms with Crippen molar-refractivity contribution in [1.29, 1.82) is 0 Å². The first kappa shape index (κ1) is 20.3. The molecular weight excluding hydrogens is 412 g/mol. The second-order valence-corrected chi connectivity index (χ2v) is 8.06. The second-order valence-electron chi connectivity index (χ2n) is 8.06. The van der Waals surface area contributed by atoms with Gasteiger partial charge in [0.2, 0.25) is 0 Å². The number of anilines is 6. The van der Waals surface area contributed by atoms with E-state index in [2.05, 4.69) is 10.6 Å². The molecule has 1 aliphatic rings. The van der Waals surface area contributed by atoms with Crippen molar-refractivity contribution in [2.75, 3.05) is 22.1 Å². The maximum Gasteiger partial charge on any atom is 0.196 e. The zero-order valence-electron chi connectivity index (χ0n) is 18.0. The Kier molecular flexibility index (Phi) is 4.83. The topological polar surface area (TPSA) is 110 Å². The number of carbonyl (C=O) groups is 2. The van der Waals surface area contributed by atoms with Gasteiger partial charge in [-0.25, -0.2) is 0 Å². The predicted molar refractivity (Wildman–Crippen MR) is 133 cm³/mol. The molecule has 4 aromatic carbocycles. The molecule has 0 spiro atoms. The number of nitrogen functional groups attached to an aromatic ring is 2. The van der Waals surface area contributed by atoms with E-state index in [0.717, 1.165) is 16.9 Å². The summed E-state index contributed by atoms with van der Waals surface area (Å²) in [6.07, 6.45) is 0. The van der Waals surface area contributed by atoms with E-state index in [9.17, 15) is 9.59 Å². The van der Waals surface area contributed by atoms with Crippen LogP contribution in [0.25, 0.3) is 0 Å². The number of nitrogens with two attached hydrogens (primary N) is 2. The van der Waals surface area contributed by atoms with E-state index in [-0.39, 0.29) is 11.6 Å². The number of benzene rings is 4. The molecule has 0 atom stereocenters. The maximum atomic E-state index is 13.7. The Morgan fingerprint density at radius 3 is 1.79 bits per heavy atom. The highest BCUT2D eigenvalue weighted by molar-refractivity contribution is 6.32. The van der Waals surface area contributed by atoms with Crippen molar-refractivity contribution in [2.24, 2.45) is 0 Å². The molecule has 0 bridgehead atoms. The molecule has 5 rings (SSSR count). The van der Waals surface area contributed by atoms with Crippen LogP contribution in [0.15, 0.2) is 78.9 Å². The Hall–Kier alpha value is -4.58. The SMILES string of the molecule is Cc1ccc2c(c1Nc1ccc(N)cc1)C(=O)c1cccc(Nc3ccc(N)cc3)c1C2=O. The zero-order chi connectivity index (χ0) is 23.1. The van der Waals surface area contributed by atoms with Gasteiger partial charge in [-0.1, -0.05) is 18.2 Å². The highest BCUT2D eigenvalue weighted by Crippen LogP contribution is 2.38. The Bertz CT molecular complexity index is 1410. The largest absolute Gasteiger partial charge is 0.399 e. The van der Waals surface area contributed by atoms with Crippen molar-refractivity contribution in [3.63, 3.8) is 0 Å². The van der Waals surface area contributed by atoms with Gasteiger partial charge in [0.15, 0.2) is 11.6 Å². The third-order valence-corrected chi connectivity index (χ3v) is 5.79. The molecule has 0 fully saturated rings. The van der Waals surface area contributed by atoms with Crippen LogP contribution < -0.4 is 22.1 Å². The quantitative estimate of drug-likeness (QED) is 0.281. The molecule has 6 nitrogen and oxygen atoms in total.